The van der Waals surface area contributed by atoms with Crippen LogP contribution >= 0.6 is 0 Å². The molecule has 2 aromatic carbocycles. The lowest BCUT2D eigenvalue weighted by Gasteiger charge is -2.12. The molecule has 0 spiro atoms. The SMILES string of the molecule is C=CCN(C)C=Nc1cc(C)c(Cc2ccccc2F)cc1C. The van der Waals surface area contributed by atoms with Crippen molar-refractivity contribution >= 4 is 12.0 Å². The first kappa shape index (κ1) is 16.9. The van der Waals surface area contributed by atoms with Crippen molar-refractivity contribution in [2.75, 3.05) is 13.6 Å². The molecule has 2 nitrogen and oxygen atoms in total. The molecule has 0 atom stereocenters. The van der Waals surface area contributed by atoms with Crippen LogP contribution in [0.3, 0.4) is 0 Å². The zero-order chi connectivity index (χ0) is 16.8. The first-order chi connectivity index (χ1) is 11.0. The van der Waals surface area contributed by atoms with Crippen LogP contribution in [0.1, 0.15) is 22.3 Å². The molecule has 0 bridgehead atoms. The number of hydrogen-bond acceptors (Lipinski definition) is 1. The van der Waals surface area contributed by atoms with Gasteiger partial charge in [0.1, 0.15) is 5.82 Å². The molecule has 0 unspecified atom stereocenters. The Morgan fingerprint density at radius 3 is 2.57 bits per heavy atom. The van der Waals surface area contributed by atoms with Gasteiger partial charge in [0, 0.05) is 20.0 Å². The van der Waals surface area contributed by atoms with Gasteiger partial charge in [-0.15, -0.1) is 6.58 Å². The molecule has 0 aromatic heterocycles. The fourth-order valence-electron chi connectivity index (χ4n) is 2.45. The van der Waals surface area contributed by atoms with Gasteiger partial charge in [0.2, 0.25) is 0 Å². The van der Waals surface area contributed by atoms with Crippen molar-refractivity contribution in [3.63, 3.8) is 0 Å². The molecule has 0 amide bonds. The summed E-state index contributed by atoms with van der Waals surface area (Å²) >= 11 is 0. The van der Waals surface area contributed by atoms with Gasteiger partial charge >= 0.3 is 0 Å². The lowest BCUT2D eigenvalue weighted by atomic mass is 9.97. The highest BCUT2D eigenvalue weighted by Gasteiger charge is 2.07. The molecule has 23 heavy (non-hydrogen) atoms. The van der Waals surface area contributed by atoms with Crippen LogP contribution in [-0.2, 0) is 6.42 Å². The molecule has 0 radical (unpaired) electrons. The minimum Gasteiger partial charge on any atom is -0.362 e. The Bertz CT molecular complexity index is 720. The monoisotopic (exact) mass is 310 g/mol. The quantitative estimate of drug-likeness (QED) is 0.425. The fraction of sp³-hybridized carbons (Fsp3) is 0.250. The molecule has 0 fully saturated rings. The number of aryl methyl sites for hydroxylation is 2. The van der Waals surface area contributed by atoms with E-state index in [4.69, 9.17) is 0 Å². The summed E-state index contributed by atoms with van der Waals surface area (Å²) < 4.78 is 13.8. The van der Waals surface area contributed by atoms with Gasteiger partial charge < -0.3 is 4.90 Å². The summed E-state index contributed by atoms with van der Waals surface area (Å²) in [4.78, 5) is 6.50. The predicted molar refractivity (Wildman–Crippen MR) is 96.1 cm³/mol. The van der Waals surface area contributed by atoms with Gasteiger partial charge in [-0.05, 0) is 48.2 Å². The van der Waals surface area contributed by atoms with E-state index in [1.165, 1.54) is 6.07 Å². The van der Waals surface area contributed by atoms with Crippen LogP contribution in [0, 0.1) is 19.7 Å². The summed E-state index contributed by atoms with van der Waals surface area (Å²) in [6.45, 7) is 8.54. The van der Waals surface area contributed by atoms with Gasteiger partial charge in [0.05, 0.1) is 12.0 Å². The van der Waals surface area contributed by atoms with Crippen LogP contribution < -0.4 is 0 Å². The molecule has 0 N–H and O–H groups in total. The van der Waals surface area contributed by atoms with Gasteiger partial charge in [-0.2, -0.15) is 0 Å². The Kier molecular flexibility index (Phi) is 5.69. The summed E-state index contributed by atoms with van der Waals surface area (Å²) in [6, 6.07) is 11.1. The summed E-state index contributed by atoms with van der Waals surface area (Å²) in [5.74, 6) is -0.155. The second-order valence-electron chi connectivity index (χ2n) is 5.81. The Labute approximate surface area is 138 Å². The highest BCUT2D eigenvalue weighted by Crippen LogP contribution is 2.25. The van der Waals surface area contributed by atoms with Crippen molar-refractivity contribution in [1.82, 2.24) is 4.90 Å². The highest BCUT2D eigenvalue weighted by atomic mass is 19.1. The van der Waals surface area contributed by atoms with E-state index < -0.39 is 0 Å². The molecule has 3 heteroatoms. The third-order valence-electron chi connectivity index (χ3n) is 3.80. The van der Waals surface area contributed by atoms with Crippen molar-refractivity contribution in [2.45, 2.75) is 20.3 Å². The van der Waals surface area contributed by atoms with Crippen molar-refractivity contribution < 1.29 is 4.39 Å². The minimum absolute atomic E-state index is 0.155. The van der Waals surface area contributed by atoms with Gasteiger partial charge in [-0.25, -0.2) is 9.38 Å². The zero-order valence-electron chi connectivity index (χ0n) is 14.0. The Hall–Kier alpha value is -2.42. The largest absolute Gasteiger partial charge is 0.362 e. The lowest BCUT2D eigenvalue weighted by Crippen LogP contribution is -2.15. The van der Waals surface area contributed by atoms with Crippen LogP contribution in [0.5, 0.6) is 0 Å². The smallest absolute Gasteiger partial charge is 0.126 e. The maximum atomic E-state index is 13.8. The Balaban J connectivity index is 2.23. The maximum Gasteiger partial charge on any atom is 0.126 e. The van der Waals surface area contributed by atoms with Crippen molar-refractivity contribution in [1.29, 1.82) is 0 Å². The summed E-state index contributed by atoms with van der Waals surface area (Å²) in [6.07, 6.45) is 4.24. The topological polar surface area (TPSA) is 15.6 Å². The molecule has 0 heterocycles. The number of hydrogen-bond donors (Lipinski definition) is 0. The predicted octanol–water partition coefficient (Wildman–Crippen LogP) is 4.81. The van der Waals surface area contributed by atoms with Gasteiger partial charge in [-0.1, -0.05) is 30.3 Å². The molecule has 0 aliphatic rings. The van der Waals surface area contributed by atoms with Crippen LogP contribution in [0.15, 0.2) is 54.0 Å². The van der Waals surface area contributed by atoms with Gasteiger partial charge in [0.15, 0.2) is 0 Å². The zero-order valence-corrected chi connectivity index (χ0v) is 14.0. The Morgan fingerprint density at radius 1 is 1.13 bits per heavy atom. The second-order valence-corrected chi connectivity index (χ2v) is 5.81. The average Bonchev–Trinajstić information content (AvgIpc) is 2.51. The van der Waals surface area contributed by atoms with Gasteiger partial charge in [0.25, 0.3) is 0 Å². The summed E-state index contributed by atoms with van der Waals surface area (Å²) in [7, 11) is 1.96. The van der Waals surface area contributed by atoms with E-state index in [9.17, 15) is 4.39 Å². The Morgan fingerprint density at radius 2 is 1.87 bits per heavy atom. The average molecular weight is 310 g/mol. The number of nitrogens with zero attached hydrogens (tertiary/aromatic N) is 2. The number of halogens is 1. The maximum absolute atomic E-state index is 13.8. The molecule has 0 aliphatic heterocycles. The van der Waals surface area contributed by atoms with Crippen LogP contribution in [0.25, 0.3) is 0 Å². The van der Waals surface area contributed by atoms with Crippen LogP contribution in [-0.4, -0.2) is 24.8 Å². The molecule has 120 valence electrons. The van der Waals surface area contributed by atoms with E-state index in [0.717, 1.165) is 34.5 Å². The van der Waals surface area contributed by atoms with E-state index in [0.29, 0.717) is 6.42 Å². The van der Waals surface area contributed by atoms with E-state index in [2.05, 4.69) is 23.7 Å². The minimum atomic E-state index is -0.155. The second kappa shape index (κ2) is 7.73. The number of rotatable bonds is 6. The van der Waals surface area contributed by atoms with Crippen LogP contribution in [0.4, 0.5) is 10.1 Å². The number of likely N-dealkylation sites (N-methyl/N-ethyl adjacent to an activating group) is 1. The van der Waals surface area contributed by atoms with Crippen LogP contribution in [0.2, 0.25) is 0 Å². The molecular weight excluding hydrogens is 287 g/mol. The third kappa shape index (κ3) is 4.52. The molecule has 2 aromatic rings. The standard InChI is InChI=1S/C20H23FN2/c1-5-10-23(4)14-22-20-12-15(2)18(11-16(20)3)13-17-8-6-7-9-19(17)21/h5-9,11-12,14H,1,10,13H2,2-4H3. The van der Waals surface area contributed by atoms with Crippen molar-refractivity contribution in [3.8, 4) is 0 Å². The van der Waals surface area contributed by atoms with E-state index in [-0.39, 0.29) is 5.82 Å². The normalized spacial score (nSPS) is 11.0. The number of benzene rings is 2. The van der Waals surface area contributed by atoms with E-state index in [1.807, 2.05) is 44.0 Å². The first-order valence-corrected chi connectivity index (χ1v) is 7.70. The molecule has 0 saturated carbocycles. The lowest BCUT2D eigenvalue weighted by molar-refractivity contribution is 0.582. The first-order valence-electron chi connectivity index (χ1n) is 7.70. The van der Waals surface area contributed by atoms with Crippen molar-refractivity contribution in [2.24, 2.45) is 4.99 Å². The van der Waals surface area contributed by atoms with E-state index >= 15 is 0 Å². The van der Waals surface area contributed by atoms with E-state index in [1.54, 1.807) is 12.4 Å². The fourth-order valence-corrected chi connectivity index (χ4v) is 2.45. The number of aliphatic imine (C=N–C) groups is 1. The summed E-state index contributed by atoms with van der Waals surface area (Å²) in [5.41, 5.74) is 5.00. The van der Waals surface area contributed by atoms with Crippen molar-refractivity contribution in [3.05, 3.63) is 77.1 Å². The highest BCUT2D eigenvalue weighted by molar-refractivity contribution is 5.64. The van der Waals surface area contributed by atoms with Gasteiger partial charge in [-0.3, -0.25) is 0 Å². The molecule has 2 rings (SSSR count). The molecular formula is C20H23FN2. The third-order valence-corrected chi connectivity index (χ3v) is 3.80. The molecule has 0 aliphatic carbocycles. The summed E-state index contributed by atoms with van der Waals surface area (Å²) in [5, 5.41) is 0. The molecule has 0 saturated heterocycles.